The van der Waals surface area contributed by atoms with Crippen LogP contribution in [0, 0.1) is 10.1 Å². The standard InChI is InChI=1S/C9H7N3O4/c1-16-9(13)6-2-5(12(14)15)3-8-7(6)4-10-11-8/h2-4H,1H3,(H,10,11). The van der Waals surface area contributed by atoms with E-state index in [4.69, 9.17) is 0 Å². The fourth-order valence-corrected chi connectivity index (χ4v) is 1.42. The number of H-pyrrole nitrogens is 1. The lowest BCUT2D eigenvalue weighted by atomic mass is 10.1. The van der Waals surface area contributed by atoms with Gasteiger partial charge in [-0.1, -0.05) is 0 Å². The normalized spacial score (nSPS) is 10.3. The summed E-state index contributed by atoms with van der Waals surface area (Å²) in [4.78, 5) is 21.5. The number of carbonyl (C=O) groups excluding carboxylic acids is 1. The van der Waals surface area contributed by atoms with E-state index in [0.717, 1.165) is 0 Å². The Morgan fingerprint density at radius 3 is 2.94 bits per heavy atom. The maximum absolute atomic E-state index is 11.4. The van der Waals surface area contributed by atoms with Gasteiger partial charge in [0.25, 0.3) is 5.69 Å². The highest BCUT2D eigenvalue weighted by Gasteiger charge is 2.18. The quantitative estimate of drug-likeness (QED) is 0.467. The lowest BCUT2D eigenvalue weighted by Crippen LogP contribution is -2.02. The maximum atomic E-state index is 11.4. The van der Waals surface area contributed by atoms with Crippen LogP contribution in [0.5, 0.6) is 0 Å². The predicted octanol–water partition coefficient (Wildman–Crippen LogP) is 1.26. The van der Waals surface area contributed by atoms with Crippen molar-refractivity contribution >= 4 is 22.6 Å². The number of esters is 1. The van der Waals surface area contributed by atoms with Crippen molar-refractivity contribution in [2.24, 2.45) is 0 Å². The number of nitrogens with zero attached hydrogens (tertiary/aromatic N) is 2. The van der Waals surface area contributed by atoms with Crippen LogP contribution in [0.15, 0.2) is 18.3 Å². The van der Waals surface area contributed by atoms with E-state index in [2.05, 4.69) is 14.9 Å². The van der Waals surface area contributed by atoms with Gasteiger partial charge in [0.1, 0.15) is 0 Å². The average Bonchev–Trinajstić information content (AvgIpc) is 2.74. The van der Waals surface area contributed by atoms with Crippen LogP contribution in [-0.4, -0.2) is 28.2 Å². The smallest absolute Gasteiger partial charge is 0.338 e. The molecule has 0 unspecified atom stereocenters. The van der Waals surface area contributed by atoms with Gasteiger partial charge < -0.3 is 4.74 Å². The van der Waals surface area contributed by atoms with E-state index in [-0.39, 0.29) is 11.3 Å². The minimum absolute atomic E-state index is 0.125. The predicted molar refractivity (Wildman–Crippen MR) is 54.1 cm³/mol. The van der Waals surface area contributed by atoms with Crippen LogP contribution in [0.2, 0.25) is 0 Å². The van der Waals surface area contributed by atoms with E-state index >= 15 is 0 Å². The minimum Gasteiger partial charge on any atom is -0.465 e. The average molecular weight is 221 g/mol. The molecule has 1 N–H and O–H groups in total. The number of methoxy groups -OCH3 is 1. The Morgan fingerprint density at radius 2 is 2.31 bits per heavy atom. The number of nitrogens with one attached hydrogen (secondary N) is 1. The van der Waals surface area contributed by atoms with Gasteiger partial charge in [-0.3, -0.25) is 15.2 Å². The summed E-state index contributed by atoms with van der Waals surface area (Å²) in [7, 11) is 1.22. The van der Waals surface area contributed by atoms with Gasteiger partial charge in [-0.15, -0.1) is 0 Å². The number of benzene rings is 1. The zero-order valence-corrected chi connectivity index (χ0v) is 8.26. The van der Waals surface area contributed by atoms with Crippen molar-refractivity contribution < 1.29 is 14.5 Å². The minimum atomic E-state index is -0.630. The second kappa shape index (κ2) is 3.61. The molecule has 7 nitrogen and oxygen atoms in total. The molecule has 1 aromatic heterocycles. The van der Waals surface area contributed by atoms with Crippen LogP contribution in [0.1, 0.15) is 10.4 Å². The van der Waals surface area contributed by atoms with Crippen LogP contribution in [0.4, 0.5) is 5.69 Å². The summed E-state index contributed by atoms with van der Waals surface area (Å²) in [6.45, 7) is 0. The number of aromatic nitrogens is 2. The van der Waals surface area contributed by atoms with E-state index in [1.807, 2.05) is 0 Å². The van der Waals surface area contributed by atoms with Crippen molar-refractivity contribution in [1.29, 1.82) is 0 Å². The summed E-state index contributed by atoms with van der Waals surface area (Å²) >= 11 is 0. The van der Waals surface area contributed by atoms with Gasteiger partial charge in [-0.2, -0.15) is 5.10 Å². The Bertz CT molecular complexity index is 575. The molecule has 0 fully saturated rings. The van der Waals surface area contributed by atoms with Crippen LogP contribution in [-0.2, 0) is 4.74 Å². The molecule has 0 saturated carbocycles. The molecule has 0 aliphatic rings. The molecule has 1 aromatic carbocycles. The van der Waals surface area contributed by atoms with Crippen LogP contribution in [0.25, 0.3) is 10.9 Å². The Morgan fingerprint density at radius 1 is 1.56 bits per heavy atom. The number of nitro groups is 1. The zero-order chi connectivity index (χ0) is 11.7. The molecule has 0 radical (unpaired) electrons. The van der Waals surface area contributed by atoms with Gasteiger partial charge in [0, 0.05) is 17.5 Å². The highest BCUT2D eigenvalue weighted by atomic mass is 16.6. The third kappa shape index (κ3) is 1.48. The molecule has 1 heterocycles. The SMILES string of the molecule is COC(=O)c1cc([N+](=O)[O-])cc2[nH]ncc12. The fourth-order valence-electron chi connectivity index (χ4n) is 1.42. The van der Waals surface area contributed by atoms with Gasteiger partial charge in [0.2, 0.25) is 0 Å². The van der Waals surface area contributed by atoms with Crippen molar-refractivity contribution in [1.82, 2.24) is 10.2 Å². The van der Waals surface area contributed by atoms with Crippen molar-refractivity contribution in [2.45, 2.75) is 0 Å². The highest BCUT2D eigenvalue weighted by molar-refractivity contribution is 6.04. The first-order valence-electron chi connectivity index (χ1n) is 4.33. The number of fused-ring (bicyclic) bond motifs is 1. The van der Waals surface area contributed by atoms with Crippen LogP contribution < -0.4 is 0 Å². The monoisotopic (exact) mass is 221 g/mol. The van der Waals surface area contributed by atoms with Crippen molar-refractivity contribution in [3.63, 3.8) is 0 Å². The first-order chi connectivity index (χ1) is 7.63. The Labute approximate surface area is 89.2 Å². The molecule has 0 amide bonds. The topological polar surface area (TPSA) is 98.1 Å². The van der Waals surface area contributed by atoms with Crippen LogP contribution >= 0.6 is 0 Å². The third-order valence-corrected chi connectivity index (χ3v) is 2.16. The number of carbonyl (C=O) groups is 1. The number of rotatable bonds is 2. The first-order valence-corrected chi connectivity index (χ1v) is 4.33. The van der Waals surface area contributed by atoms with Gasteiger partial charge >= 0.3 is 5.97 Å². The number of hydrogen-bond acceptors (Lipinski definition) is 5. The highest BCUT2D eigenvalue weighted by Crippen LogP contribution is 2.24. The van der Waals surface area contributed by atoms with E-state index in [0.29, 0.717) is 10.9 Å². The largest absolute Gasteiger partial charge is 0.465 e. The van der Waals surface area contributed by atoms with Gasteiger partial charge in [0.05, 0.1) is 29.3 Å². The summed E-state index contributed by atoms with van der Waals surface area (Å²) in [5.41, 5.74) is 0.368. The van der Waals surface area contributed by atoms with Crippen molar-refractivity contribution in [3.8, 4) is 0 Å². The molecule has 0 bridgehead atoms. The van der Waals surface area contributed by atoms with Crippen molar-refractivity contribution in [2.75, 3.05) is 7.11 Å². The van der Waals surface area contributed by atoms with E-state index in [1.165, 1.54) is 25.4 Å². The van der Waals surface area contributed by atoms with Gasteiger partial charge in [0.15, 0.2) is 0 Å². The summed E-state index contributed by atoms with van der Waals surface area (Å²) in [6.07, 6.45) is 1.42. The lowest BCUT2D eigenvalue weighted by molar-refractivity contribution is -0.384. The number of ether oxygens (including phenoxy) is 1. The summed E-state index contributed by atoms with van der Waals surface area (Å²) < 4.78 is 4.55. The fraction of sp³-hybridized carbons (Fsp3) is 0.111. The molecule has 2 aromatic rings. The number of hydrogen-bond donors (Lipinski definition) is 1. The van der Waals surface area contributed by atoms with E-state index in [9.17, 15) is 14.9 Å². The lowest BCUT2D eigenvalue weighted by Gasteiger charge is -2.00. The molecular formula is C9H7N3O4. The summed E-state index contributed by atoms with van der Waals surface area (Å²) in [5.74, 6) is -0.630. The summed E-state index contributed by atoms with van der Waals surface area (Å²) in [5, 5.41) is 17.4. The molecule has 0 aliphatic heterocycles. The summed E-state index contributed by atoms with van der Waals surface area (Å²) in [6, 6.07) is 2.48. The number of nitro benzene ring substituents is 1. The Kier molecular flexibility index (Phi) is 2.28. The van der Waals surface area contributed by atoms with Gasteiger partial charge in [-0.05, 0) is 0 Å². The molecule has 0 spiro atoms. The molecule has 0 aliphatic carbocycles. The second-order valence-electron chi connectivity index (χ2n) is 3.07. The molecule has 0 atom stereocenters. The zero-order valence-electron chi connectivity index (χ0n) is 8.26. The molecule has 0 saturated heterocycles. The molecule has 16 heavy (non-hydrogen) atoms. The molecule has 2 rings (SSSR count). The Balaban J connectivity index is 2.73. The second-order valence-corrected chi connectivity index (χ2v) is 3.07. The van der Waals surface area contributed by atoms with Crippen molar-refractivity contribution in [3.05, 3.63) is 34.0 Å². The number of non-ortho nitro benzene ring substituents is 1. The van der Waals surface area contributed by atoms with Crippen LogP contribution in [0.3, 0.4) is 0 Å². The maximum Gasteiger partial charge on any atom is 0.338 e. The first kappa shape index (κ1) is 10.1. The van der Waals surface area contributed by atoms with Gasteiger partial charge in [-0.25, -0.2) is 4.79 Å². The number of aromatic amines is 1. The van der Waals surface area contributed by atoms with E-state index < -0.39 is 10.9 Å². The van der Waals surface area contributed by atoms with E-state index in [1.54, 1.807) is 0 Å². The molecule has 82 valence electrons. The molecular weight excluding hydrogens is 214 g/mol. The third-order valence-electron chi connectivity index (χ3n) is 2.16. The Hall–Kier alpha value is -2.44. The molecule has 7 heteroatoms.